The first-order valence-electron chi connectivity index (χ1n) is 11.5. The molecular weight excluding hydrogens is 466 g/mol. The molecule has 1 aliphatic rings. The summed E-state index contributed by atoms with van der Waals surface area (Å²) in [4.78, 5) is 25.9. The highest BCUT2D eigenvalue weighted by atomic mass is 32.2. The van der Waals surface area contributed by atoms with E-state index < -0.39 is 21.6 Å². The Labute approximate surface area is 205 Å². The first-order valence-corrected chi connectivity index (χ1v) is 12.9. The second-order valence-electron chi connectivity index (χ2n) is 8.84. The molecule has 1 atom stereocenters. The van der Waals surface area contributed by atoms with E-state index in [0.29, 0.717) is 48.7 Å². The maximum absolute atomic E-state index is 13.3. The van der Waals surface area contributed by atoms with E-state index in [0.717, 1.165) is 15.8 Å². The van der Waals surface area contributed by atoms with Gasteiger partial charge in [-0.3, -0.25) is 9.59 Å². The normalized spacial score (nSPS) is 15.7. The SMILES string of the molecule is Cc1ccc(C(=O)C(C)n2nc(-c3ccc(C)c(S(=O)(=O)N4CCOCC4)c3)ccc2=O)cc1C. The highest BCUT2D eigenvalue weighted by Crippen LogP contribution is 2.27. The quantitative estimate of drug-likeness (QED) is 0.487. The Balaban J connectivity index is 1.70. The van der Waals surface area contributed by atoms with Crippen LogP contribution in [0.25, 0.3) is 11.3 Å². The van der Waals surface area contributed by atoms with Crippen LogP contribution in [-0.4, -0.2) is 54.6 Å². The Morgan fingerprint density at radius 2 is 1.63 bits per heavy atom. The molecule has 35 heavy (non-hydrogen) atoms. The summed E-state index contributed by atoms with van der Waals surface area (Å²) < 4.78 is 34.4. The van der Waals surface area contributed by atoms with Gasteiger partial charge >= 0.3 is 0 Å². The third-order valence-electron chi connectivity index (χ3n) is 6.43. The minimum atomic E-state index is -3.71. The molecule has 3 aromatic rings. The summed E-state index contributed by atoms with van der Waals surface area (Å²) in [5.74, 6) is -0.223. The van der Waals surface area contributed by atoms with Gasteiger partial charge in [0.1, 0.15) is 6.04 Å². The van der Waals surface area contributed by atoms with Crippen molar-refractivity contribution in [1.82, 2.24) is 14.1 Å². The molecule has 0 saturated carbocycles. The van der Waals surface area contributed by atoms with Gasteiger partial charge in [-0.15, -0.1) is 0 Å². The molecule has 0 amide bonds. The highest BCUT2D eigenvalue weighted by molar-refractivity contribution is 7.89. The summed E-state index contributed by atoms with van der Waals surface area (Å²) in [6.07, 6.45) is 0. The van der Waals surface area contributed by atoms with E-state index >= 15 is 0 Å². The summed E-state index contributed by atoms with van der Waals surface area (Å²) >= 11 is 0. The van der Waals surface area contributed by atoms with E-state index in [1.54, 1.807) is 44.2 Å². The molecular formula is C26H29N3O5S. The van der Waals surface area contributed by atoms with Crippen LogP contribution >= 0.6 is 0 Å². The van der Waals surface area contributed by atoms with Crippen molar-refractivity contribution in [2.45, 2.75) is 38.6 Å². The molecule has 184 valence electrons. The molecule has 0 radical (unpaired) electrons. The summed E-state index contributed by atoms with van der Waals surface area (Å²) in [5, 5.41) is 4.45. The molecule has 1 aliphatic heterocycles. The number of carbonyl (C=O) groups excluding carboxylic acids is 1. The van der Waals surface area contributed by atoms with Gasteiger partial charge in [0.15, 0.2) is 5.78 Å². The number of sulfonamides is 1. The molecule has 0 spiro atoms. The molecule has 1 saturated heterocycles. The standard InChI is InChI=1S/C26H29N3O5S/c1-17-5-8-22(15-19(17)3)26(31)20(4)29-25(30)10-9-23(27-29)21-7-6-18(2)24(16-21)35(32,33)28-11-13-34-14-12-28/h5-10,15-16,20H,11-14H2,1-4H3. The molecule has 0 bridgehead atoms. The lowest BCUT2D eigenvalue weighted by Crippen LogP contribution is -2.40. The monoisotopic (exact) mass is 495 g/mol. The maximum atomic E-state index is 13.3. The lowest BCUT2D eigenvalue weighted by atomic mass is 10.0. The molecule has 4 rings (SSSR count). The number of aromatic nitrogens is 2. The number of Topliss-reactive ketones (excluding diaryl/α,β-unsaturated/α-hetero) is 1. The van der Waals surface area contributed by atoms with E-state index in [1.807, 2.05) is 26.0 Å². The lowest BCUT2D eigenvalue weighted by Gasteiger charge is -2.26. The predicted molar refractivity (Wildman–Crippen MR) is 133 cm³/mol. The number of ether oxygens (including phenoxy) is 1. The average molecular weight is 496 g/mol. The van der Waals surface area contributed by atoms with Gasteiger partial charge in [0.25, 0.3) is 5.56 Å². The van der Waals surface area contributed by atoms with Crippen molar-refractivity contribution in [3.05, 3.63) is 81.1 Å². The third kappa shape index (κ3) is 4.98. The first kappa shape index (κ1) is 25.0. The van der Waals surface area contributed by atoms with Crippen molar-refractivity contribution < 1.29 is 17.9 Å². The number of nitrogens with zero attached hydrogens (tertiary/aromatic N) is 3. The second kappa shape index (κ2) is 9.85. The van der Waals surface area contributed by atoms with E-state index in [1.165, 1.54) is 10.4 Å². The Kier molecular flexibility index (Phi) is 7.02. The number of ketones is 1. The fraction of sp³-hybridized carbons (Fsp3) is 0.346. The van der Waals surface area contributed by atoms with Crippen molar-refractivity contribution in [3.8, 4) is 11.3 Å². The van der Waals surface area contributed by atoms with Gasteiger partial charge in [0.2, 0.25) is 10.0 Å². The molecule has 1 aromatic heterocycles. The largest absolute Gasteiger partial charge is 0.379 e. The van der Waals surface area contributed by atoms with Crippen molar-refractivity contribution >= 4 is 15.8 Å². The number of hydrogen-bond donors (Lipinski definition) is 0. The predicted octanol–water partition coefficient (Wildman–Crippen LogP) is 3.30. The Bertz CT molecular complexity index is 1440. The zero-order valence-corrected chi connectivity index (χ0v) is 21.1. The van der Waals surface area contributed by atoms with Crippen LogP contribution in [0.3, 0.4) is 0 Å². The van der Waals surface area contributed by atoms with Gasteiger partial charge in [-0.1, -0.05) is 24.3 Å². The molecule has 8 nitrogen and oxygen atoms in total. The Morgan fingerprint density at radius 3 is 2.31 bits per heavy atom. The van der Waals surface area contributed by atoms with Gasteiger partial charge in [-0.2, -0.15) is 9.40 Å². The first-order chi connectivity index (χ1) is 16.6. The van der Waals surface area contributed by atoms with Crippen LogP contribution in [0.1, 0.15) is 40.0 Å². The van der Waals surface area contributed by atoms with Crippen molar-refractivity contribution in [3.63, 3.8) is 0 Å². The van der Waals surface area contributed by atoms with Gasteiger partial charge in [0.05, 0.1) is 23.8 Å². The zero-order chi connectivity index (χ0) is 25.3. The molecule has 2 heterocycles. The Morgan fingerprint density at radius 1 is 0.943 bits per heavy atom. The molecule has 0 aliphatic carbocycles. The summed E-state index contributed by atoms with van der Waals surface area (Å²) in [5.41, 5.74) is 3.73. The van der Waals surface area contributed by atoms with Gasteiger partial charge in [-0.05, 0) is 62.6 Å². The van der Waals surface area contributed by atoms with Crippen molar-refractivity contribution in [2.75, 3.05) is 26.3 Å². The maximum Gasteiger partial charge on any atom is 0.267 e. The van der Waals surface area contributed by atoms with Crippen LogP contribution in [0.2, 0.25) is 0 Å². The fourth-order valence-electron chi connectivity index (χ4n) is 4.07. The second-order valence-corrected chi connectivity index (χ2v) is 10.7. The number of benzene rings is 2. The molecule has 1 unspecified atom stereocenters. The summed E-state index contributed by atoms with van der Waals surface area (Å²) in [7, 11) is -3.71. The van der Waals surface area contributed by atoms with Gasteiger partial charge in [0, 0.05) is 30.3 Å². The molecule has 9 heteroatoms. The summed E-state index contributed by atoms with van der Waals surface area (Å²) in [6.45, 7) is 8.60. The van der Waals surface area contributed by atoms with Crippen LogP contribution in [-0.2, 0) is 14.8 Å². The minimum absolute atomic E-state index is 0.190. The molecule has 2 aromatic carbocycles. The number of rotatable bonds is 6. The summed E-state index contributed by atoms with van der Waals surface area (Å²) in [6, 6.07) is 12.6. The van der Waals surface area contributed by atoms with Crippen LogP contribution in [0.5, 0.6) is 0 Å². The number of morpholine rings is 1. The van der Waals surface area contributed by atoms with E-state index in [4.69, 9.17) is 4.74 Å². The fourth-order valence-corrected chi connectivity index (χ4v) is 5.73. The van der Waals surface area contributed by atoms with Crippen molar-refractivity contribution in [1.29, 1.82) is 0 Å². The lowest BCUT2D eigenvalue weighted by molar-refractivity contribution is 0.0730. The van der Waals surface area contributed by atoms with Gasteiger partial charge < -0.3 is 4.74 Å². The van der Waals surface area contributed by atoms with E-state index in [-0.39, 0.29) is 10.7 Å². The third-order valence-corrected chi connectivity index (χ3v) is 8.48. The van der Waals surface area contributed by atoms with Crippen LogP contribution < -0.4 is 5.56 Å². The number of carbonyl (C=O) groups is 1. The zero-order valence-electron chi connectivity index (χ0n) is 20.3. The van der Waals surface area contributed by atoms with Crippen LogP contribution in [0, 0.1) is 20.8 Å². The topological polar surface area (TPSA) is 98.6 Å². The highest BCUT2D eigenvalue weighted by Gasteiger charge is 2.28. The smallest absolute Gasteiger partial charge is 0.267 e. The number of aryl methyl sites for hydroxylation is 3. The molecule has 0 N–H and O–H groups in total. The van der Waals surface area contributed by atoms with Crippen molar-refractivity contribution in [2.24, 2.45) is 0 Å². The van der Waals surface area contributed by atoms with E-state index in [9.17, 15) is 18.0 Å². The molecule has 1 fully saturated rings. The van der Waals surface area contributed by atoms with Crippen LogP contribution in [0.15, 0.2) is 58.2 Å². The number of hydrogen-bond acceptors (Lipinski definition) is 6. The van der Waals surface area contributed by atoms with Crippen LogP contribution in [0.4, 0.5) is 0 Å². The van der Waals surface area contributed by atoms with Gasteiger partial charge in [-0.25, -0.2) is 13.1 Å². The average Bonchev–Trinajstić information content (AvgIpc) is 2.86. The van der Waals surface area contributed by atoms with E-state index in [2.05, 4.69) is 5.10 Å². The minimum Gasteiger partial charge on any atom is -0.379 e. The Hall–Kier alpha value is -3.14.